The van der Waals surface area contributed by atoms with Crippen LogP contribution in [0.5, 0.6) is 0 Å². The Labute approximate surface area is 133 Å². The molecule has 0 aromatic carbocycles. The second-order valence-electron chi connectivity index (χ2n) is 5.26. The van der Waals surface area contributed by atoms with E-state index in [1.54, 1.807) is 25.3 Å². The minimum atomic E-state index is -4.49. The van der Waals surface area contributed by atoms with E-state index in [2.05, 4.69) is 14.3 Å². The van der Waals surface area contributed by atoms with Crippen LogP contribution in [0.15, 0.2) is 41.0 Å². The Morgan fingerprint density at radius 2 is 1.83 bits per heavy atom. The van der Waals surface area contributed by atoms with Crippen LogP contribution in [0.2, 0.25) is 0 Å². The van der Waals surface area contributed by atoms with Gasteiger partial charge in [0.2, 0.25) is 0 Å². The highest BCUT2D eigenvalue weighted by Gasteiger charge is 2.32. The Morgan fingerprint density at radius 1 is 1.13 bits per heavy atom. The molecule has 0 spiro atoms. The van der Waals surface area contributed by atoms with Gasteiger partial charge in [-0.05, 0) is 37.1 Å². The summed E-state index contributed by atoms with van der Waals surface area (Å²) in [6.45, 7) is 3.51. The van der Waals surface area contributed by atoms with Crippen molar-refractivity contribution in [1.82, 2.24) is 9.97 Å². The third-order valence-corrected chi connectivity index (χ3v) is 5.51. The molecule has 0 saturated heterocycles. The van der Waals surface area contributed by atoms with Gasteiger partial charge in [0.15, 0.2) is 5.82 Å². The van der Waals surface area contributed by atoms with Crippen LogP contribution in [-0.4, -0.2) is 20.4 Å². The summed E-state index contributed by atoms with van der Waals surface area (Å²) < 4.78 is 54.5. The van der Waals surface area contributed by atoms with Crippen molar-refractivity contribution in [2.24, 2.45) is 4.36 Å². The zero-order valence-electron chi connectivity index (χ0n) is 12.8. The van der Waals surface area contributed by atoms with Crippen LogP contribution in [0, 0.1) is 6.92 Å². The normalized spacial score (nSPS) is 15.7. The van der Waals surface area contributed by atoms with Gasteiger partial charge in [0.1, 0.15) is 5.69 Å². The zero-order chi connectivity index (χ0) is 17.3. The minimum Gasteiger partial charge on any atom is -0.251 e. The maximum absolute atomic E-state index is 12.8. The number of nitrogens with zero attached hydrogens (tertiary/aromatic N) is 3. The van der Waals surface area contributed by atoms with Crippen LogP contribution in [0.1, 0.15) is 29.0 Å². The lowest BCUT2D eigenvalue weighted by molar-refractivity contribution is -0.141. The molecule has 8 heteroatoms. The summed E-state index contributed by atoms with van der Waals surface area (Å²) in [5.74, 6) is 0.329. The standard InChI is InChI=1S/C15H16F3N3OS/c1-10-4-7-14(20-8-10)21-23(3,22)11(2)12-5-6-13(19-9-12)15(16,17)18/h4-9,11H,1-3H3. The van der Waals surface area contributed by atoms with Crippen molar-refractivity contribution in [1.29, 1.82) is 0 Å². The summed E-state index contributed by atoms with van der Waals surface area (Å²) in [5.41, 5.74) is 0.404. The molecule has 2 unspecified atom stereocenters. The van der Waals surface area contributed by atoms with Crippen molar-refractivity contribution < 1.29 is 17.4 Å². The first-order valence-electron chi connectivity index (χ1n) is 6.76. The highest BCUT2D eigenvalue weighted by Crippen LogP contribution is 2.30. The van der Waals surface area contributed by atoms with Crippen LogP contribution in [0.3, 0.4) is 0 Å². The first-order chi connectivity index (χ1) is 10.6. The average molecular weight is 343 g/mol. The second-order valence-corrected chi connectivity index (χ2v) is 7.87. The van der Waals surface area contributed by atoms with Crippen LogP contribution >= 0.6 is 0 Å². The van der Waals surface area contributed by atoms with Gasteiger partial charge in [-0.3, -0.25) is 4.98 Å². The molecule has 0 radical (unpaired) electrons. The van der Waals surface area contributed by atoms with Gasteiger partial charge >= 0.3 is 6.18 Å². The molecule has 23 heavy (non-hydrogen) atoms. The van der Waals surface area contributed by atoms with Crippen molar-refractivity contribution in [3.63, 3.8) is 0 Å². The molecule has 0 aliphatic carbocycles. The van der Waals surface area contributed by atoms with Gasteiger partial charge in [-0.2, -0.15) is 17.5 Å². The predicted molar refractivity (Wildman–Crippen MR) is 82.8 cm³/mol. The van der Waals surface area contributed by atoms with Crippen LogP contribution < -0.4 is 0 Å². The Hall–Kier alpha value is -1.96. The monoisotopic (exact) mass is 343 g/mol. The molecule has 2 rings (SSSR count). The summed E-state index contributed by atoms with van der Waals surface area (Å²) in [6.07, 6.45) is -0.337. The number of aromatic nitrogens is 2. The van der Waals surface area contributed by atoms with E-state index in [9.17, 15) is 17.4 Å². The summed E-state index contributed by atoms with van der Waals surface area (Å²) in [4.78, 5) is 7.47. The molecule has 0 aliphatic rings. The third-order valence-electron chi connectivity index (χ3n) is 3.37. The molecule has 2 heterocycles. The molecule has 124 valence electrons. The van der Waals surface area contributed by atoms with Gasteiger partial charge in [-0.15, -0.1) is 0 Å². The molecule has 2 aromatic rings. The molecule has 0 fully saturated rings. The van der Waals surface area contributed by atoms with E-state index in [0.717, 1.165) is 17.8 Å². The lowest BCUT2D eigenvalue weighted by atomic mass is 10.2. The molecule has 0 N–H and O–H groups in total. The SMILES string of the molecule is Cc1ccc(N=S(C)(=O)C(C)c2ccc(C(F)(F)F)nc2)nc1. The van der Waals surface area contributed by atoms with Crippen molar-refractivity contribution >= 4 is 15.5 Å². The number of hydrogen-bond donors (Lipinski definition) is 0. The fourth-order valence-electron chi connectivity index (χ4n) is 1.84. The van der Waals surface area contributed by atoms with Gasteiger partial charge in [0, 0.05) is 18.6 Å². The number of hydrogen-bond acceptors (Lipinski definition) is 4. The highest BCUT2D eigenvalue weighted by molar-refractivity contribution is 7.93. The number of halogens is 3. The Bertz CT molecular complexity index is 792. The Balaban J connectivity index is 2.32. The van der Waals surface area contributed by atoms with Crippen LogP contribution in [0.4, 0.5) is 19.0 Å². The number of alkyl halides is 3. The topological polar surface area (TPSA) is 55.2 Å². The Morgan fingerprint density at radius 3 is 2.30 bits per heavy atom. The maximum atomic E-state index is 12.8. The molecule has 2 atom stereocenters. The molecule has 2 aromatic heterocycles. The highest BCUT2D eigenvalue weighted by atomic mass is 32.2. The van der Waals surface area contributed by atoms with Crippen molar-refractivity contribution in [2.75, 3.05) is 6.26 Å². The van der Waals surface area contributed by atoms with Gasteiger partial charge in [0.25, 0.3) is 0 Å². The van der Waals surface area contributed by atoms with E-state index >= 15 is 0 Å². The van der Waals surface area contributed by atoms with Crippen molar-refractivity contribution in [2.45, 2.75) is 25.3 Å². The molecule has 0 aliphatic heterocycles. The maximum Gasteiger partial charge on any atom is 0.433 e. The minimum absolute atomic E-state index is 0.329. The van der Waals surface area contributed by atoms with E-state index < -0.39 is 26.8 Å². The smallest absolute Gasteiger partial charge is 0.251 e. The molecular formula is C15H16F3N3OS. The largest absolute Gasteiger partial charge is 0.433 e. The number of rotatable bonds is 3. The van der Waals surface area contributed by atoms with Crippen molar-refractivity contribution in [3.05, 3.63) is 53.5 Å². The Kier molecular flexibility index (Phi) is 4.74. The number of aryl methyl sites for hydroxylation is 1. The first kappa shape index (κ1) is 17.4. The summed E-state index contributed by atoms with van der Waals surface area (Å²) in [7, 11) is -2.74. The fraction of sp³-hybridized carbons (Fsp3) is 0.333. The predicted octanol–water partition coefficient (Wildman–Crippen LogP) is 4.29. The fourth-order valence-corrected chi connectivity index (χ4v) is 3.13. The van der Waals surface area contributed by atoms with Gasteiger partial charge < -0.3 is 0 Å². The van der Waals surface area contributed by atoms with E-state index in [4.69, 9.17) is 0 Å². The van der Waals surface area contributed by atoms with E-state index in [1.807, 2.05) is 6.92 Å². The molecule has 4 nitrogen and oxygen atoms in total. The van der Waals surface area contributed by atoms with Crippen LogP contribution in [-0.2, 0) is 15.9 Å². The summed E-state index contributed by atoms with van der Waals surface area (Å²) >= 11 is 0. The number of pyridine rings is 2. The third kappa shape index (κ3) is 4.28. The lowest BCUT2D eigenvalue weighted by Gasteiger charge is -2.14. The zero-order valence-corrected chi connectivity index (χ0v) is 13.6. The quantitative estimate of drug-likeness (QED) is 0.835. The average Bonchev–Trinajstić information content (AvgIpc) is 2.48. The molecule has 0 amide bonds. The van der Waals surface area contributed by atoms with Gasteiger partial charge in [-0.1, -0.05) is 12.1 Å². The molecule has 0 saturated carbocycles. The van der Waals surface area contributed by atoms with Gasteiger partial charge in [0.05, 0.1) is 15.0 Å². The summed E-state index contributed by atoms with van der Waals surface area (Å²) in [5, 5.41) is -0.583. The summed E-state index contributed by atoms with van der Waals surface area (Å²) in [6, 6.07) is 5.61. The first-order valence-corrected chi connectivity index (χ1v) is 8.75. The molecule has 0 bridgehead atoms. The van der Waals surface area contributed by atoms with Crippen molar-refractivity contribution in [3.8, 4) is 0 Å². The lowest BCUT2D eigenvalue weighted by Crippen LogP contribution is -2.11. The van der Waals surface area contributed by atoms with Gasteiger partial charge in [-0.25, -0.2) is 9.19 Å². The molecular weight excluding hydrogens is 327 g/mol. The van der Waals surface area contributed by atoms with E-state index in [0.29, 0.717) is 11.4 Å². The van der Waals surface area contributed by atoms with E-state index in [1.165, 1.54) is 12.3 Å². The second kappa shape index (κ2) is 6.27. The van der Waals surface area contributed by atoms with Crippen LogP contribution in [0.25, 0.3) is 0 Å². The van der Waals surface area contributed by atoms with E-state index in [-0.39, 0.29) is 0 Å².